The van der Waals surface area contributed by atoms with Crippen molar-refractivity contribution < 1.29 is 32.6 Å². The Labute approximate surface area is 139 Å². The zero-order chi connectivity index (χ0) is 18.4. The first-order valence-electron chi connectivity index (χ1n) is 6.91. The molecule has 134 valence electrons. The molecule has 0 unspecified atom stereocenters. The van der Waals surface area contributed by atoms with E-state index in [9.17, 15) is 22.8 Å². The molecule has 0 aliphatic carbocycles. The lowest BCUT2D eigenvalue weighted by atomic mass is 10.2. The van der Waals surface area contributed by atoms with Crippen LogP contribution in [0.3, 0.4) is 0 Å². The Morgan fingerprint density at radius 1 is 1.24 bits per heavy atom. The van der Waals surface area contributed by atoms with Crippen molar-refractivity contribution in [1.82, 2.24) is 20.3 Å². The Hall–Kier alpha value is -3.11. The number of aliphatic carboxylic acids is 1. The van der Waals surface area contributed by atoms with Gasteiger partial charge in [0.2, 0.25) is 0 Å². The fourth-order valence-corrected chi connectivity index (χ4v) is 1.78. The van der Waals surface area contributed by atoms with Gasteiger partial charge in [-0.1, -0.05) is 5.21 Å². The second-order valence-electron chi connectivity index (χ2n) is 4.91. The summed E-state index contributed by atoms with van der Waals surface area (Å²) in [7, 11) is 0. The number of hydrogen-bond acceptors (Lipinski definition) is 5. The summed E-state index contributed by atoms with van der Waals surface area (Å²) >= 11 is 0. The number of amides is 1. The number of carbonyl (C=O) groups excluding carboxylic acids is 1. The lowest BCUT2D eigenvalue weighted by molar-refractivity contribution is -0.153. The summed E-state index contributed by atoms with van der Waals surface area (Å²) in [6.07, 6.45) is -3.06. The Kier molecular flexibility index (Phi) is 5.57. The van der Waals surface area contributed by atoms with Crippen molar-refractivity contribution in [2.75, 3.05) is 6.61 Å². The summed E-state index contributed by atoms with van der Waals surface area (Å²) < 4.78 is 41.8. The normalized spacial score (nSPS) is 11.2. The van der Waals surface area contributed by atoms with Gasteiger partial charge in [0.1, 0.15) is 18.0 Å². The largest absolute Gasteiger partial charge is 0.484 e. The summed E-state index contributed by atoms with van der Waals surface area (Å²) in [5, 5.41) is 18.4. The number of carboxylic acids is 1. The van der Waals surface area contributed by atoms with Gasteiger partial charge in [-0.05, 0) is 24.3 Å². The van der Waals surface area contributed by atoms with Gasteiger partial charge in [0.05, 0.1) is 12.7 Å². The fraction of sp³-hybridized carbons (Fsp3) is 0.286. The van der Waals surface area contributed by atoms with Gasteiger partial charge in [-0.2, -0.15) is 13.2 Å². The lowest BCUT2D eigenvalue weighted by Crippen LogP contribution is -2.23. The highest BCUT2D eigenvalue weighted by Gasteiger charge is 2.28. The van der Waals surface area contributed by atoms with E-state index in [1.54, 1.807) is 0 Å². The zero-order valence-corrected chi connectivity index (χ0v) is 12.7. The fourth-order valence-electron chi connectivity index (χ4n) is 1.78. The smallest absolute Gasteiger partial charge is 0.422 e. The topological polar surface area (TPSA) is 106 Å². The second kappa shape index (κ2) is 7.64. The third-order valence-corrected chi connectivity index (χ3v) is 2.83. The molecule has 2 N–H and O–H groups in total. The Morgan fingerprint density at radius 3 is 2.52 bits per heavy atom. The minimum absolute atomic E-state index is 0.00881. The molecule has 1 heterocycles. The van der Waals surface area contributed by atoms with Crippen molar-refractivity contribution in [3.63, 3.8) is 0 Å². The van der Waals surface area contributed by atoms with Gasteiger partial charge in [0.15, 0.2) is 6.61 Å². The number of benzene rings is 1. The van der Waals surface area contributed by atoms with Crippen molar-refractivity contribution in [2.45, 2.75) is 19.3 Å². The zero-order valence-electron chi connectivity index (χ0n) is 12.7. The minimum Gasteiger partial charge on any atom is -0.484 e. The first kappa shape index (κ1) is 18.2. The van der Waals surface area contributed by atoms with E-state index in [0.29, 0.717) is 5.69 Å². The predicted octanol–water partition coefficient (Wildman–Crippen LogP) is 1.23. The van der Waals surface area contributed by atoms with Crippen molar-refractivity contribution in [2.24, 2.45) is 0 Å². The maximum Gasteiger partial charge on any atom is 0.422 e. The molecule has 0 spiro atoms. The van der Waals surface area contributed by atoms with Crippen LogP contribution in [0, 0.1) is 0 Å². The molecule has 1 amide bonds. The first-order valence-corrected chi connectivity index (χ1v) is 6.91. The molecule has 0 fully saturated rings. The maximum absolute atomic E-state index is 12.0. The number of rotatable bonds is 7. The number of ether oxygens (including phenoxy) is 1. The van der Waals surface area contributed by atoms with E-state index in [1.807, 2.05) is 0 Å². The maximum atomic E-state index is 12.0. The molecular weight excluding hydrogens is 345 g/mol. The van der Waals surface area contributed by atoms with E-state index in [0.717, 1.165) is 4.68 Å². The van der Waals surface area contributed by atoms with E-state index in [2.05, 4.69) is 20.4 Å². The van der Waals surface area contributed by atoms with Gasteiger partial charge in [0.25, 0.3) is 5.91 Å². The summed E-state index contributed by atoms with van der Waals surface area (Å²) in [5.74, 6) is -1.56. The quantitative estimate of drug-likeness (QED) is 0.771. The highest BCUT2D eigenvalue weighted by molar-refractivity contribution is 5.94. The molecule has 1 aromatic heterocycles. The number of aromatic nitrogens is 3. The van der Waals surface area contributed by atoms with Crippen LogP contribution in [0.15, 0.2) is 30.5 Å². The molecule has 0 atom stereocenters. The second-order valence-corrected chi connectivity index (χ2v) is 4.91. The average Bonchev–Trinajstić information content (AvgIpc) is 2.97. The predicted molar refractivity (Wildman–Crippen MR) is 76.8 cm³/mol. The molecular formula is C14H13F3N4O4. The monoisotopic (exact) mass is 358 g/mol. The number of halogens is 3. The average molecular weight is 358 g/mol. The van der Waals surface area contributed by atoms with Crippen molar-refractivity contribution in [3.8, 4) is 5.75 Å². The van der Waals surface area contributed by atoms with E-state index in [-0.39, 0.29) is 24.4 Å². The Balaban J connectivity index is 1.86. The standard InChI is InChI=1S/C14H13F3N4O4/c15-14(16,17)8-25-11-3-1-9(2-4-11)13(24)18-5-10-6-21(20-19-10)7-12(22)23/h1-4,6H,5,7-8H2,(H,18,24)(H,22,23). The molecule has 25 heavy (non-hydrogen) atoms. The van der Waals surface area contributed by atoms with Gasteiger partial charge in [-0.25, -0.2) is 4.68 Å². The van der Waals surface area contributed by atoms with Crippen LogP contribution in [0.2, 0.25) is 0 Å². The number of nitrogens with one attached hydrogen (secondary N) is 1. The van der Waals surface area contributed by atoms with Gasteiger partial charge in [-0.3, -0.25) is 9.59 Å². The van der Waals surface area contributed by atoms with Crippen LogP contribution < -0.4 is 10.1 Å². The lowest BCUT2D eigenvalue weighted by Gasteiger charge is -2.09. The van der Waals surface area contributed by atoms with Crippen LogP contribution in [-0.4, -0.2) is 44.8 Å². The van der Waals surface area contributed by atoms with E-state index < -0.39 is 24.7 Å². The van der Waals surface area contributed by atoms with E-state index in [4.69, 9.17) is 5.11 Å². The number of nitrogens with zero attached hydrogens (tertiary/aromatic N) is 3. The van der Waals surface area contributed by atoms with E-state index >= 15 is 0 Å². The van der Waals surface area contributed by atoms with Gasteiger partial charge >= 0.3 is 12.1 Å². The first-order chi connectivity index (χ1) is 11.7. The molecule has 0 saturated heterocycles. The van der Waals surface area contributed by atoms with Crippen molar-refractivity contribution in [1.29, 1.82) is 0 Å². The van der Waals surface area contributed by atoms with Crippen LogP contribution in [-0.2, 0) is 17.9 Å². The summed E-state index contributed by atoms with van der Waals surface area (Å²) in [6, 6.07) is 5.15. The van der Waals surface area contributed by atoms with Crippen molar-refractivity contribution in [3.05, 3.63) is 41.7 Å². The molecule has 0 radical (unpaired) electrons. The summed E-state index contributed by atoms with van der Waals surface area (Å²) in [6.45, 7) is -1.74. The molecule has 1 aromatic carbocycles. The molecule has 0 saturated carbocycles. The molecule has 8 nitrogen and oxygen atoms in total. The van der Waals surface area contributed by atoms with Crippen LogP contribution >= 0.6 is 0 Å². The highest BCUT2D eigenvalue weighted by Crippen LogP contribution is 2.18. The van der Waals surface area contributed by atoms with Gasteiger partial charge in [0, 0.05) is 5.56 Å². The van der Waals surface area contributed by atoms with Crippen LogP contribution in [0.1, 0.15) is 16.1 Å². The third-order valence-electron chi connectivity index (χ3n) is 2.83. The van der Waals surface area contributed by atoms with Gasteiger partial charge in [-0.15, -0.1) is 5.10 Å². The number of hydrogen-bond donors (Lipinski definition) is 2. The minimum atomic E-state index is -4.44. The van der Waals surface area contributed by atoms with Crippen LogP contribution in [0.25, 0.3) is 0 Å². The third kappa shape index (κ3) is 6.12. The molecule has 0 aliphatic heterocycles. The molecule has 0 bridgehead atoms. The van der Waals surface area contributed by atoms with Crippen LogP contribution in [0.5, 0.6) is 5.75 Å². The summed E-state index contributed by atoms with van der Waals surface area (Å²) in [5.41, 5.74) is 0.581. The number of alkyl halides is 3. The van der Waals surface area contributed by atoms with Gasteiger partial charge < -0.3 is 15.2 Å². The van der Waals surface area contributed by atoms with Crippen molar-refractivity contribution >= 4 is 11.9 Å². The Morgan fingerprint density at radius 2 is 1.92 bits per heavy atom. The highest BCUT2D eigenvalue weighted by atomic mass is 19.4. The van der Waals surface area contributed by atoms with Crippen LogP contribution in [0.4, 0.5) is 13.2 Å². The Bertz CT molecular complexity index is 743. The molecule has 11 heteroatoms. The number of carboxylic acid groups (broad SMARTS) is 1. The molecule has 2 rings (SSSR count). The molecule has 0 aliphatic rings. The summed E-state index contributed by atoms with van der Waals surface area (Å²) in [4.78, 5) is 22.5. The van der Waals surface area contributed by atoms with E-state index in [1.165, 1.54) is 30.5 Å². The molecule has 2 aromatic rings. The number of carbonyl (C=O) groups is 2. The SMILES string of the molecule is O=C(O)Cn1cc(CNC(=O)c2ccc(OCC(F)(F)F)cc2)nn1.